The van der Waals surface area contributed by atoms with Crippen molar-refractivity contribution in [3.8, 4) is 0 Å². The molecule has 92 valence electrons. The highest BCUT2D eigenvalue weighted by atomic mass is 32.1. The highest BCUT2D eigenvalue weighted by molar-refractivity contribution is 8.11. The Balaban J connectivity index is 2.07. The van der Waals surface area contributed by atoms with Gasteiger partial charge in [0.25, 0.3) is 0 Å². The van der Waals surface area contributed by atoms with Crippen LogP contribution in [0.25, 0.3) is 10.9 Å². The van der Waals surface area contributed by atoms with Crippen molar-refractivity contribution in [1.29, 1.82) is 0 Å². The van der Waals surface area contributed by atoms with Crippen molar-refractivity contribution in [1.82, 2.24) is 15.8 Å². The number of hydrogen-bond acceptors (Lipinski definition) is 3. The minimum atomic E-state index is -0.172. The molecule has 2 rings (SSSR count). The molecule has 2 N–H and O–H groups in total. The van der Waals surface area contributed by atoms with Crippen LogP contribution < -0.4 is 10.9 Å². The summed E-state index contributed by atoms with van der Waals surface area (Å²) in [5.74, 6) is -0.172. The topological polar surface area (TPSA) is 54.0 Å². The first-order chi connectivity index (χ1) is 8.65. The van der Waals surface area contributed by atoms with E-state index in [2.05, 4.69) is 40.7 Å². The zero-order valence-corrected chi connectivity index (χ0v) is 11.1. The van der Waals surface area contributed by atoms with Gasteiger partial charge < -0.3 is 0 Å². The number of rotatable bonds is 2. The minimum Gasteiger partial charge on any atom is -0.283 e. The first kappa shape index (κ1) is 12.8. The molecule has 0 atom stereocenters. The molecule has 2 aromatic rings. The number of carbonyl (C=O) groups is 1. The van der Waals surface area contributed by atoms with Crippen LogP contribution >= 0.6 is 24.8 Å². The van der Waals surface area contributed by atoms with Crippen LogP contribution in [0.3, 0.4) is 0 Å². The number of thiocarbonyl (C=S) groups is 1. The molecule has 0 aliphatic rings. The Bertz CT molecular complexity index is 601. The van der Waals surface area contributed by atoms with Gasteiger partial charge >= 0.3 is 0 Å². The van der Waals surface area contributed by atoms with Gasteiger partial charge in [0.05, 0.1) is 11.9 Å². The Morgan fingerprint density at radius 1 is 1.33 bits per heavy atom. The summed E-state index contributed by atoms with van der Waals surface area (Å²) in [6.45, 7) is 0. The molecule has 0 fully saturated rings. The number of nitrogens with one attached hydrogen (secondary N) is 2. The predicted octanol–water partition coefficient (Wildman–Crippen LogP) is 1.61. The second-order valence-electron chi connectivity index (χ2n) is 3.69. The largest absolute Gasteiger partial charge is 0.283 e. The van der Waals surface area contributed by atoms with E-state index in [0.717, 1.165) is 16.5 Å². The Hall–Kier alpha value is -1.66. The van der Waals surface area contributed by atoms with Crippen molar-refractivity contribution in [2.24, 2.45) is 0 Å². The van der Waals surface area contributed by atoms with Crippen molar-refractivity contribution in [3.63, 3.8) is 0 Å². The van der Waals surface area contributed by atoms with Gasteiger partial charge in [-0.05, 0) is 23.8 Å². The van der Waals surface area contributed by atoms with Gasteiger partial charge in [-0.1, -0.05) is 24.4 Å². The average molecular weight is 277 g/mol. The normalized spacial score (nSPS) is 10.1. The molecule has 0 aliphatic carbocycles. The summed E-state index contributed by atoms with van der Waals surface area (Å²) in [6.07, 6.45) is 2.01. The molecule has 0 radical (unpaired) electrons. The summed E-state index contributed by atoms with van der Waals surface area (Å²) in [4.78, 5) is 15.8. The average Bonchev–Trinajstić information content (AvgIpc) is 2.36. The van der Waals surface area contributed by atoms with Gasteiger partial charge in [-0.2, -0.15) is 0 Å². The number of aromatic nitrogens is 1. The van der Waals surface area contributed by atoms with Gasteiger partial charge in [0.2, 0.25) is 5.91 Å². The third kappa shape index (κ3) is 3.41. The van der Waals surface area contributed by atoms with E-state index in [0.29, 0.717) is 0 Å². The van der Waals surface area contributed by atoms with Crippen LogP contribution in [-0.4, -0.2) is 15.2 Å². The van der Waals surface area contributed by atoms with Crippen molar-refractivity contribution in [2.45, 2.75) is 6.42 Å². The molecule has 4 nitrogen and oxygen atoms in total. The Labute approximate surface area is 115 Å². The maximum absolute atomic E-state index is 11.6. The van der Waals surface area contributed by atoms with Crippen LogP contribution in [0.1, 0.15) is 5.56 Å². The maximum atomic E-state index is 11.6. The first-order valence-corrected chi connectivity index (χ1v) is 6.12. The molecule has 1 heterocycles. The highest BCUT2D eigenvalue weighted by Gasteiger charge is 2.04. The second-order valence-corrected chi connectivity index (χ2v) is 4.84. The molecule has 0 saturated heterocycles. The molecule has 6 heteroatoms. The maximum Gasteiger partial charge on any atom is 0.242 e. The van der Waals surface area contributed by atoms with E-state index in [1.807, 2.05) is 30.3 Å². The summed E-state index contributed by atoms with van der Waals surface area (Å²) in [5, 5.41) is 1.01. The first-order valence-electron chi connectivity index (χ1n) is 5.26. The number of benzene rings is 1. The lowest BCUT2D eigenvalue weighted by molar-refractivity contribution is -0.120. The summed E-state index contributed by atoms with van der Waals surface area (Å²) in [7, 11) is 0. The van der Waals surface area contributed by atoms with Crippen LogP contribution in [0, 0.1) is 0 Å². The van der Waals surface area contributed by atoms with Crippen LogP contribution in [0.15, 0.2) is 36.5 Å². The Kier molecular flexibility index (Phi) is 4.11. The number of hydrogen-bond donors (Lipinski definition) is 3. The molecule has 1 amide bonds. The summed E-state index contributed by atoms with van der Waals surface area (Å²) in [5.41, 5.74) is 6.77. The monoisotopic (exact) mass is 277 g/mol. The zero-order valence-electron chi connectivity index (χ0n) is 9.38. The van der Waals surface area contributed by atoms with Crippen molar-refractivity contribution in [3.05, 3.63) is 42.1 Å². The van der Waals surface area contributed by atoms with Gasteiger partial charge in [-0.25, -0.2) is 0 Å². The standard InChI is InChI=1S/C12H11N3OS2/c16-11(14-15-12(17)18)7-8-3-4-10-9(6-8)2-1-5-13-10/h1-6H,7H2,(H,14,16)(H2,15,17,18). The lowest BCUT2D eigenvalue weighted by Crippen LogP contribution is -2.39. The van der Waals surface area contributed by atoms with Gasteiger partial charge in [0.1, 0.15) is 4.32 Å². The summed E-state index contributed by atoms with van der Waals surface area (Å²) in [6, 6.07) is 9.56. The summed E-state index contributed by atoms with van der Waals surface area (Å²) >= 11 is 8.52. The smallest absolute Gasteiger partial charge is 0.242 e. The fraction of sp³-hybridized carbons (Fsp3) is 0.0833. The Morgan fingerprint density at radius 2 is 2.17 bits per heavy atom. The molecule has 0 aliphatic heterocycles. The number of nitrogens with zero attached hydrogens (tertiary/aromatic N) is 1. The Morgan fingerprint density at radius 3 is 2.94 bits per heavy atom. The number of pyridine rings is 1. The van der Waals surface area contributed by atoms with Gasteiger partial charge in [0.15, 0.2) is 0 Å². The van der Waals surface area contributed by atoms with Crippen molar-refractivity contribution >= 4 is 46.0 Å². The second kappa shape index (κ2) is 5.79. The van der Waals surface area contributed by atoms with E-state index < -0.39 is 0 Å². The van der Waals surface area contributed by atoms with Crippen molar-refractivity contribution < 1.29 is 4.79 Å². The van der Waals surface area contributed by atoms with Gasteiger partial charge in [0, 0.05) is 11.6 Å². The molecule has 18 heavy (non-hydrogen) atoms. The van der Waals surface area contributed by atoms with Gasteiger partial charge in [-0.15, -0.1) is 12.6 Å². The fourth-order valence-electron chi connectivity index (χ4n) is 1.59. The van der Waals surface area contributed by atoms with Crippen molar-refractivity contribution in [2.75, 3.05) is 0 Å². The third-order valence-corrected chi connectivity index (χ3v) is 2.55. The zero-order chi connectivity index (χ0) is 13.0. The van der Waals surface area contributed by atoms with E-state index in [1.165, 1.54) is 0 Å². The molecular formula is C12H11N3OS2. The molecule has 0 spiro atoms. The molecular weight excluding hydrogens is 266 g/mol. The van der Waals surface area contributed by atoms with E-state index in [9.17, 15) is 4.79 Å². The van der Waals surface area contributed by atoms with E-state index >= 15 is 0 Å². The highest BCUT2D eigenvalue weighted by Crippen LogP contribution is 2.13. The quantitative estimate of drug-likeness (QED) is 0.443. The van der Waals surface area contributed by atoms with Gasteiger partial charge in [-0.3, -0.25) is 20.6 Å². The minimum absolute atomic E-state index is 0.172. The molecule has 0 saturated carbocycles. The molecule has 1 aromatic heterocycles. The lowest BCUT2D eigenvalue weighted by atomic mass is 10.1. The van der Waals surface area contributed by atoms with Crippen LogP contribution in [0.4, 0.5) is 0 Å². The number of carbonyl (C=O) groups excluding carboxylic acids is 1. The molecule has 1 aromatic carbocycles. The number of thiol groups is 1. The number of amides is 1. The van der Waals surface area contributed by atoms with Crippen LogP contribution in [0.2, 0.25) is 0 Å². The van der Waals surface area contributed by atoms with E-state index in [-0.39, 0.29) is 16.6 Å². The fourth-order valence-corrected chi connectivity index (χ4v) is 1.69. The molecule has 0 bridgehead atoms. The summed E-state index contributed by atoms with van der Waals surface area (Å²) < 4.78 is 0.228. The lowest BCUT2D eigenvalue weighted by Gasteiger charge is -2.06. The van der Waals surface area contributed by atoms with Crippen LogP contribution in [0.5, 0.6) is 0 Å². The third-order valence-electron chi connectivity index (χ3n) is 2.34. The predicted molar refractivity (Wildman–Crippen MR) is 78.3 cm³/mol. The molecule has 0 unspecified atom stereocenters. The van der Waals surface area contributed by atoms with E-state index in [4.69, 9.17) is 0 Å². The number of fused-ring (bicyclic) bond motifs is 1. The number of hydrazine groups is 1. The van der Waals surface area contributed by atoms with E-state index in [1.54, 1.807) is 6.20 Å². The van der Waals surface area contributed by atoms with Crippen LogP contribution in [-0.2, 0) is 11.2 Å². The SMILES string of the molecule is O=C(Cc1ccc2ncccc2c1)NNC(=S)S.